The minimum atomic E-state index is -0.227. The molecule has 1 saturated carbocycles. The highest BCUT2D eigenvalue weighted by Gasteiger charge is 2.25. The molecule has 0 aromatic heterocycles. The van der Waals surface area contributed by atoms with Crippen molar-refractivity contribution in [2.75, 3.05) is 39.3 Å². The van der Waals surface area contributed by atoms with E-state index in [1.165, 1.54) is 25.7 Å². The summed E-state index contributed by atoms with van der Waals surface area (Å²) >= 11 is 0. The van der Waals surface area contributed by atoms with Gasteiger partial charge in [0.05, 0.1) is 18.8 Å². The van der Waals surface area contributed by atoms with Crippen LogP contribution < -0.4 is 0 Å². The van der Waals surface area contributed by atoms with E-state index in [9.17, 15) is 5.11 Å². The lowest BCUT2D eigenvalue weighted by molar-refractivity contribution is -0.0241. The lowest BCUT2D eigenvalue weighted by Crippen LogP contribution is -2.54. The van der Waals surface area contributed by atoms with Gasteiger partial charge in [-0.25, -0.2) is 0 Å². The van der Waals surface area contributed by atoms with Crippen molar-refractivity contribution < 1.29 is 9.84 Å². The molecule has 1 aliphatic heterocycles. The van der Waals surface area contributed by atoms with Crippen molar-refractivity contribution in [2.45, 2.75) is 64.7 Å². The summed E-state index contributed by atoms with van der Waals surface area (Å²) in [6.07, 6.45) is 5.57. The minimum absolute atomic E-state index is 0.227. The van der Waals surface area contributed by atoms with Crippen LogP contribution in [0, 0.1) is 5.92 Å². The molecule has 0 spiro atoms. The highest BCUT2D eigenvalue weighted by atomic mass is 16.5. The van der Waals surface area contributed by atoms with Crippen LogP contribution in [0.1, 0.15) is 46.5 Å². The fraction of sp³-hybridized carbons (Fsp3) is 1.00. The van der Waals surface area contributed by atoms with E-state index in [0.29, 0.717) is 12.1 Å². The zero-order valence-corrected chi connectivity index (χ0v) is 14.1. The molecule has 1 heterocycles. The molecule has 4 nitrogen and oxygen atoms in total. The first-order chi connectivity index (χ1) is 10.1. The molecule has 1 saturated heterocycles. The van der Waals surface area contributed by atoms with Gasteiger partial charge in [-0.3, -0.25) is 9.80 Å². The molecule has 0 radical (unpaired) electrons. The number of hydrogen-bond donors (Lipinski definition) is 1. The number of nitrogens with zero attached hydrogens (tertiary/aromatic N) is 2. The number of hydrogen-bond acceptors (Lipinski definition) is 4. The predicted molar refractivity (Wildman–Crippen MR) is 86.5 cm³/mol. The SMILES string of the molecule is C[C@H](O)CN1CCN(CCO[C@@H]2CCCC[C@@H]2C)C[C@H]1C. The standard InChI is InChI=1S/C17H34N2O2/c1-14-6-4-5-7-17(14)21-11-10-18-8-9-19(13-16(3)20)15(2)12-18/h14-17,20H,4-13H2,1-3H3/t14-,15+,16-,17+/m0/s1. The molecule has 2 aliphatic rings. The lowest BCUT2D eigenvalue weighted by Gasteiger charge is -2.40. The maximum absolute atomic E-state index is 9.52. The van der Waals surface area contributed by atoms with E-state index in [2.05, 4.69) is 23.6 Å². The van der Waals surface area contributed by atoms with Gasteiger partial charge in [-0.1, -0.05) is 19.8 Å². The molecule has 4 atom stereocenters. The summed E-state index contributed by atoms with van der Waals surface area (Å²) < 4.78 is 6.13. The van der Waals surface area contributed by atoms with Crippen LogP contribution in [0.25, 0.3) is 0 Å². The fourth-order valence-corrected chi connectivity index (χ4v) is 3.75. The highest BCUT2D eigenvalue weighted by molar-refractivity contribution is 4.80. The van der Waals surface area contributed by atoms with Crippen molar-refractivity contribution in [3.63, 3.8) is 0 Å². The molecule has 1 N–H and O–H groups in total. The van der Waals surface area contributed by atoms with Gasteiger partial charge in [-0.2, -0.15) is 0 Å². The summed E-state index contributed by atoms with van der Waals surface area (Å²) in [4.78, 5) is 4.90. The zero-order chi connectivity index (χ0) is 15.2. The fourth-order valence-electron chi connectivity index (χ4n) is 3.75. The van der Waals surface area contributed by atoms with Gasteiger partial charge in [0.25, 0.3) is 0 Å². The Morgan fingerprint density at radius 3 is 2.62 bits per heavy atom. The van der Waals surface area contributed by atoms with Crippen molar-refractivity contribution in [1.29, 1.82) is 0 Å². The maximum atomic E-state index is 9.52. The van der Waals surface area contributed by atoms with Crippen molar-refractivity contribution in [3.8, 4) is 0 Å². The summed E-state index contributed by atoms with van der Waals surface area (Å²) in [5.74, 6) is 0.737. The van der Waals surface area contributed by atoms with Crippen LogP contribution in [-0.4, -0.2) is 72.5 Å². The molecule has 0 bridgehead atoms. The topological polar surface area (TPSA) is 35.9 Å². The van der Waals surface area contributed by atoms with E-state index in [1.54, 1.807) is 0 Å². The second-order valence-electron chi connectivity index (χ2n) is 7.16. The number of rotatable bonds is 6. The van der Waals surface area contributed by atoms with Crippen molar-refractivity contribution in [3.05, 3.63) is 0 Å². The van der Waals surface area contributed by atoms with Crippen LogP contribution >= 0.6 is 0 Å². The number of ether oxygens (including phenoxy) is 1. The van der Waals surface area contributed by atoms with E-state index in [0.717, 1.165) is 45.2 Å². The number of aliphatic hydroxyl groups is 1. The van der Waals surface area contributed by atoms with E-state index in [-0.39, 0.29) is 6.10 Å². The van der Waals surface area contributed by atoms with E-state index in [1.807, 2.05) is 6.92 Å². The van der Waals surface area contributed by atoms with Gasteiger partial charge in [-0.15, -0.1) is 0 Å². The Balaban J connectivity index is 1.63. The average Bonchev–Trinajstić information content (AvgIpc) is 2.43. The second kappa shape index (κ2) is 8.47. The number of β-amino-alcohol motifs (C(OH)–C–C–N with tert-alkyl or cyclic N) is 1. The molecule has 124 valence electrons. The molecule has 2 rings (SSSR count). The van der Waals surface area contributed by atoms with Gasteiger partial charge in [0.2, 0.25) is 0 Å². The third-order valence-corrected chi connectivity index (χ3v) is 5.12. The van der Waals surface area contributed by atoms with E-state index < -0.39 is 0 Å². The molecule has 0 aromatic rings. The van der Waals surface area contributed by atoms with Gasteiger partial charge in [0, 0.05) is 38.8 Å². The molecule has 2 fully saturated rings. The molecular weight excluding hydrogens is 264 g/mol. The molecule has 4 heteroatoms. The molecule has 0 unspecified atom stereocenters. The number of aliphatic hydroxyl groups excluding tert-OH is 1. The van der Waals surface area contributed by atoms with Gasteiger partial charge in [0.1, 0.15) is 0 Å². The zero-order valence-electron chi connectivity index (χ0n) is 14.1. The molecule has 1 aliphatic carbocycles. The third-order valence-electron chi connectivity index (χ3n) is 5.12. The monoisotopic (exact) mass is 298 g/mol. The first-order valence-electron chi connectivity index (χ1n) is 8.82. The van der Waals surface area contributed by atoms with Crippen LogP contribution in [0.4, 0.5) is 0 Å². The second-order valence-corrected chi connectivity index (χ2v) is 7.16. The highest BCUT2D eigenvalue weighted by Crippen LogP contribution is 2.26. The van der Waals surface area contributed by atoms with Crippen LogP contribution in [-0.2, 0) is 4.74 Å². The third kappa shape index (κ3) is 5.51. The van der Waals surface area contributed by atoms with Crippen molar-refractivity contribution in [1.82, 2.24) is 9.80 Å². The Labute approximate surface area is 130 Å². The Kier molecular flexibility index (Phi) is 6.93. The van der Waals surface area contributed by atoms with Gasteiger partial charge in [-0.05, 0) is 32.6 Å². The maximum Gasteiger partial charge on any atom is 0.0639 e. The van der Waals surface area contributed by atoms with Gasteiger partial charge in [0.15, 0.2) is 0 Å². The minimum Gasteiger partial charge on any atom is -0.392 e. The first-order valence-corrected chi connectivity index (χ1v) is 8.82. The average molecular weight is 298 g/mol. The Hall–Kier alpha value is -0.160. The molecule has 0 aromatic carbocycles. The summed E-state index contributed by atoms with van der Waals surface area (Å²) in [5.41, 5.74) is 0. The van der Waals surface area contributed by atoms with Crippen molar-refractivity contribution >= 4 is 0 Å². The molecule has 21 heavy (non-hydrogen) atoms. The first kappa shape index (κ1) is 17.2. The van der Waals surface area contributed by atoms with Gasteiger partial charge < -0.3 is 9.84 Å². The Bertz CT molecular complexity index is 299. The van der Waals surface area contributed by atoms with E-state index in [4.69, 9.17) is 4.74 Å². The number of piperazine rings is 1. The van der Waals surface area contributed by atoms with Crippen molar-refractivity contribution in [2.24, 2.45) is 5.92 Å². The lowest BCUT2D eigenvalue weighted by atomic mass is 9.88. The molecule has 0 amide bonds. The van der Waals surface area contributed by atoms with Crippen LogP contribution in [0.3, 0.4) is 0 Å². The summed E-state index contributed by atoms with van der Waals surface area (Å²) in [6, 6.07) is 0.530. The largest absolute Gasteiger partial charge is 0.392 e. The van der Waals surface area contributed by atoms with Gasteiger partial charge >= 0.3 is 0 Å². The molecular formula is C17H34N2O2. The summed E-state index contributed by atoms with van der Waals surface area (Å²) in [5, 5.41) is 9.52. The van der Waals surface area contributed by atoms with Crippen LogP contribution in [0.2, 0.25) is 0 Å². The summed E-state index contributed by atoms with van der Waals surface area (Å²) in [6.45, 7) is 12.4. The quantitative estimate of drug-likeness (QED) is 0.813. The van der Waals surface area contributed by atoms with Crippen LogP contribution in [0.15, 0.2) is 0 Å². The Morgan fingerprint density at radius 2 is 1.95 bits per heavy atom. The normalized spacial score (nSPS) is 34.0. The van der Waals surface area contributed by atoms with E-state index >= 15 is 0 Å². The predicted octanol–water partition coefficient (Wildman–Crippen LogP) is 1.97. The van der Waals surface area contributed by atoms with Crippen LogP contribution in [0.5, 0.6) is 0 Å². The summed E-state index contributed by atoms with van der Waals surface area (Å²) in [7, 11) is 0. The Morgan fingerprint density at radius 1 is 1.19 bits per heavy atom. The smallest absolute Gasteiger partial charge is 0.0639 e.